The molecule has 0 saturated heterocycles. The number of phenolic OH excluding ortho intramolecular Hbond substituents is 1. The van der Waals surface area contributed by atoms with E-state index in [1.807, 2.05) is 18.2 Å². The molecule has 0 aromatic heterocycles. The Labute approximate surface area is 123 Å². The average Bonchev–Trinajstić information content (AvgIpc) is 2.35. The molecule has 112 valence electrons. The van der Waals surface area contributed by atoms with Crippen molar-refractivity contribution < 1.29 is 9.84 Å². The van der Waals surface area contributed by atoms with Gasteiger partial charge in [-0.05, 0) is 51.2 Å². The van der Waals surface area contributed by atoms with Gasteiger partial charge in [-0.2, -0.15) is 0 Å². The van der Waals surface area contributed by atoms with Gasteiger partial charge in [0.05, 0.1) is 11.2 Å². The highest BCUT2D eigenvalue weighted by Gasteiger charge is 2.39. The highest BCUT2D eigenvalue weighted by atomic mass is 16.5. The molecule has 0 spiro atoms. The van der Waals surface area contributed by atoms with Crippen LogP contribution in [0.5, 0.6) is 5.75 Å². The molecule has 1 N–H and O–H groups in total. The predicted molar refractivity (Wildman–Crippen MR) is 83.0 cm³/mol. The summed E-state index contributed by atoms with van der Waals surface area (Å²) in [5, 5.41) is 9.94. The molecule has 0 amide bonds. The van der Waals surface area contributed by atoms with Crippen LogP contribution in [0.1, 0.15) is 58.9 Å². The van der Waals surface area contributed by atoms with E-state index in [9.17, 15) is 5.11 Å². The summed E-state index contributed by atoms with van der Waals surface area (Å²) >= 11 is 0. The third kappa shape index (κ3) is 3.54. The van der Waals surface area contributed by atoms with Gasteiger partial charge in [-0.15, -0.1) is 0 Å². The topological polar surface area (TPSA) is 29.5 Å². The van der Waals surface area contributed by atoms with Gasteiger partial charge in [0, 0.05) is 6.42 Å². The highest BCUT2D eigenvalue weighted by molar-refractivity contribution is 5.32. The highest BCUT2D eigenvalue weighted by Crippen LogP contribution is 2.40. The van der Waals surface area contributed by atoms with E-state index in [1.54, 1.807) is 6.07 Å². The molecule has 2 heteroatoms. The van der Waals surface area contributed by atoms with Crippen molar-refractivity contribution in [3.05, 3.63) is 29.8 Å². The van der Waals surface area contributed by atoms with Gasteiger partial charge in [-0.3, -0.25) is 0 Å². The number of aromatic hydroxyl groups is 1. The number of benzene rings is 1. The normalized spacial score (nSPS) is 27.5. The van der Waals surface area contributed by atoms with Crippen molar-refractivity contribution in [2.75, 3.05) is 0 Å². The first kappa shape index (κ1) is 15.4. The lowest BCUT2D eigenvalue weighted by molar-refractivity contribution is -0.169. The molecular formula is C18H28O2. The van der Waals surface area contributed by atoms with Crippen LogP contribution in [0, 0.1) is 5.92 Å². The summed E-state index contributed by atoms with van der Waals surface area (Å²) in [7, 11) is 0. The van der Waals surface area contributed by atoms with Crippen molar-refractivity contribution in [3.8, 4) is 5.75 Å². The summed E-state index contributed by atoms with van der Waals surface area (Å²) in [4.78, 5) is 0. The second kappa shape index (κ2) is 5.77. The third-order valence-corrected chi connectivity index (χ3v) is 4.72. The molecule has 0 bridgehead atoms. The zero-order chi connectivity index (χ0) is 14.8. The largest absolute Gasteiger partial charge is 0.508 e. The SMILES string of the molecule is CC1CCCCC1(C)OC(C)(C)Cc1ccccc1O. The molecule has 1 fully saturated rings. The first-order valence-corrected chi connectivity index (χ1v) is 7.79. The van der Waals surface area contributed by atoms with Crippen molar-refractivity contribution in [1.29, 1.82) is 0 Å². The van der Waals surface area contributed by atoms with Crippen LogP contribution in [0.3, 0.4) is 0 Å². The zero-order valence-corrected chi connectivity index (χ0v) is 13.3. The Kier molecular flexibility index (Phi) is 4.43. The van der Waals surface area contributed by atoms with Crippen molar-refractivity contribution in [2.45, 2.75) is 71.0 Å². The summed E-state index contributed by atoms with van der Waals surface area (Å²) in [6.45, 7) is 8.82. The Morgan fingerprint density at radius 1 is 1.30 bits per heavy atom. The molecule has 1 aliphatic rings. The summed E-state index contributed by atoms with van der Waals surface area (Å²) in [6, 6.07) is 7.55. The van der Waals surface area contributed by atoms with Gasteiger partial charge in [0.2, 0.25) is 0 Å². The third-order valence-electron chi connectivity index (χ3n) is 4.72. The number of phenols is 1. The molecule has 1 aliphatic carbocycles. The maximum atomic E-state index is 9.94. The fourth-order valence-electron chi connectivity index (χ4n) is 3.42. The molecule has 20 heavy (non-hydrogen) atoms. The van der Waals surface area contributed by atoms with Crippen LogP contribution in [0.2, 0.25) is 0 Å². The summed E-state index contributed by atoms with van der Waals surface area (Å²) in [6.07, 6.45) is 5.71. The van der Waals surface area contributed by atoms with Crippen LogP contribution in [-0.2, 0) is 11.2 Å². The monoisotopic (exact) mass is 276 g/mol. The number of ether oxygens (including phenoxy) is 1. The van der Waals surface area contributed by atoms with E-state index in [1.165, 1.54) is 19.3 Å². The summed E-state index contributed by atoms with van der Waals surface area (Å²) < 4.78 is 6.53. The standard InChI is InChI=1S/C18H28O2/c1-14-9-7-8-12-18(14,4)20-17(2,3)13-15-10-5-6-11-16(15)19/h5-6,10-11,14,19H,7-9,12-13H2,1-4H3. The van der Waals surface area contributed by atoms with E-state index >= 15 is 0 Å². The molecule has 1 saturated carbocycles. The minimum atomic E-state index is -0.265. The fraction of sp³-hybridized carbons (Fsp3) is 0.667. The lowest BCUT2D eigenvalue weighted by Crippen LogP contribution is -2.46. The van der Waals surface area contributed by atoms with Crippen molar-refractivity contribution in [2.24, 2.45) is 5.92 Å². The van der Waals surface area contributed by atoms with Crippen molar-refractivity contribution in [1.82, 2.24) is 0 Å². The Hall–Kier alpha value is -1.02. The molecule has 0 radical (unpaired) electrons. The second-order valence-corrected chi connectivity index (χ2v) is 7.13. The minimum absolute atomic E-state index is 0.0356. The van der Waals surface area contributed by atoms with Crippen LogP contribution in [0.15, 0.2) is 24.3 Å². The molecule has 1 aromatic carbocycles. The maximum absolute atomic E-state index is 9.94. The molecule has 2 atom stereocenters. The van der Waals surface area contributed by atoms with Crippen LogP contribution in [-0.4, -0.2) is 16.3 Å². The van der Waals surface area contributed by atoms with Gasteiger partial charge in [-0.1, -0.05) is 38.0 Å². The lowest BCUT2D eigenvalue weighted by atomic mass is 9.77. The van der Waals surface area contributed by atoms with Crippen molar-refractivity contribution >= 4 is 0 Å². The van der Waals surface area contributed by atoms with Gasteiger partial charge < -0.3 is 9.84 Å². The van der Waals surface area contributed by atoms with E-state index in [-0.39, 0.29) is 11.2 Å². The lowest BCUT2D eigenvalue weighted by Gasteiger charge is -2.45. The predicted octanol–water partition coefficient (Wildman–Crippen LogP) is 4.70. The molecule has 1 aromatic rings. The second-order valence-electron chi connectivity index (χ2n) is 7.13. The first-order valence-electron chi connectivity index (χ1n) is 7.79. The molecule has 2 unspecified atom stereocenters. The van der Waals surface area contributed by atoms with E-state index in [0.29, 0.717) is 11.7 Å². The van der Waals surface area contributed by atoms with Gasteiger partial charge >= 0.3 is 0 Å². The smallest absolute Gasteiger partial charge is 0.118 e. The van der Waals surface area contributed by atoms with Gasteiger partial charge in [0.15, 0.2) is 0 Å². The Morgan fingerprint density at radius 3 is 2.65 bits per heavy atom. The van der Waals surface area contributed by atoms with E-state index in [4.69, 9.17) is 4.74 Å². The Balaban J connectivity index is 2.09. The molecule has 2 nitrogen and oxygen atoms in total. The van der Waals surface area contributed by atoms with E-state index in [0.717, 1.165) is 18.4 Å². The Bertz CT molecular complexity index is 452. The van der Waals surface area contributed by atoms with Crippen molar-refractivity contribution in [3.63, 3.8) is 0 Å². The number of para-hydroxylation sites is 1. The molecule has 0 aliphatic heterocycles. The van der Waals surface area contributed by atoms with Crippen LogP contribution in [0.25, 0.3) is 0 Å². The number of hydrogen-bond acceptors (Lipinski definition) is 2. The van der Waals surface area contributed by atoms with E-state index < -0.39 is 0 Å². The molecule has 2 rings (SSSR count). The quantitative estimate of drug-likeness (QED) is 0.863. The van der Waals surface area contributed by atoms with Crippen LogP contribution >= 0.6 is 0 Å². The zero-order valence-electron chi connectivity index (χ0n) is 13.3. The van der Waals surface area contributed by atoms with Gasteiger partial charge in [-0.25, -0.2) is 0 Å². The maximum Gasteiger partial charge on any atom is 0.118 e. The summed E-state index contributed by atoms with van der Waals surface area (Å²) in [5.74, 6) is 0.964. The van der Waals surface area contributed by atoms with Gasteiger partial charge in [0.1, 0.15) is 5.75 Å². The summed E-state index contributed by atoms with van der Waals surface area (Å²) in [5.41, 5.74) is 0.662. The average molecular weight is 276 g/mol. The van der Waals surface area contributed by atoms with Crippen LogP contribution < -0.4 is 0 Å². The number of rotatable bonds is 4. The van der Waals surface area contributed by atoms with E-state index in [2.05, 4.69) is 27.7 Å². The minimum Gasteiger partial charge on any atom is -0.508 e. The first-order chi connectivity index (χ1) is 9.32. The fourth-order valence-corrected chi connectivity index (χ4v) is 3.42. The van der Waals surface area contributed by atoms with Gasteiger partial charge in [0.25, 0.3) is 0 Å². The Morgan fingerprint density at radius 2 is 2.00 bits per heavy atom. The molecule has 0 heterocycles. The van der Waals surface area contributed by atoms with Crippen LogP contribution in [0.4, 0.5) is 0 Å². The number of hydrogen-bond donors (Lipinski definition) is 1. The molecular weight excluding hydrogens is 248 g/mol.